The molecule has 0 aliphatic carbocycles. The monoisotopic (exact) mass is 320 g/mol. The summed E-state index contributed by atoms with van der Waals surface area (Å²) < 4.78 is 0. The van der Waals surface area contributed by atoms with Crippen molar-refractivity contribution in [1.29, 1.82) is 5.26 Å². The summed E-state index contributed by atoms with van der Waals surface area (Å²) in [7, 11) is 0. The van der Waals surface area contributed by atoms with Crippen molar-refractivity contribution in [2.45, 2.75) is 37.9 Å². The largest absolute Gasteiger partial charge is 0.370 e. The van der Waals surface area contributed by atoms with Gasteiger partial charge < -0.3 is 4.90 Å². The quantitative estimate of drug-likeness (QED) is 0.768. The SMILES string of the molecule is CCC1CCCN(c2ccc(CBr)cc2C#N)CC1. The number of anilines is 1. The first kappa shape index (κ1) is 14.4. The summed E-state index contributed by atoms with van der Waals surface area (Å²) in [6, 6.07) is 8.59. The van der Waals surface area contributed by atoms with Gasteiger partial charge in [0.15, 0.2) is 0 Å². The minimum absolute atomic E-state index is 0.805. The van der Waals surface area contributed by atoms with Crippen molar-refractivity contribution in [2.24, 2.45) is 5.92 Å². The number of nitrogens with zero attached hydrogens (tertiary/aromatic N) is 2. The Bertz CT molecular complexity index is 464. The second-order valence-corrected chi connectivity index (χ2v) is 5.85. The lowest BCUT2D eigenvalue weighted by Crippen LogP contribution is -2.25. The van der Waals surface area contributed by atoms with Crippen LogP contribution in [0, 0.1) is 17.2 Å². The van der Waals surface area contributed by atoms with Crippen molar-refractivity contribution >= 4 is 21.6 Å². The van der Waals surface area contributed by atoms with Gasteiger partial charge in [-0.15, -0.1) is 0 Å². The van der Waals surface area contributed by atoms with Crippen LogP contribution in [0.5, 0.6) is 0 Å². The fourth-order valence-electron chi connectivity index (χ4n) is 2.85. The zero-order valence-electron chi connectivity index (χ0n) is 11.5. The molecule has 0 aromatic heterocycles. The summed E-state index contributed by atoms with van der Waals surface area (Å²) in [4.78, 5) is 2.40. The predicted molar refractivity (Wildman–Crippen MR) is 83.6 cm³/mol. The van der Waals surface area contributed by atoms with Gasteiger partial charge in [-0.3, -0.25) is 0 Å². The van der Waals surface area contributed by atoms with E-state index in [1.807, 2.05) is 6.07 Å². The topological polar surface area (TPSA) is 27.0 Å². The van der Waals surface area contributed by atoms with Crippen molar-refractivity contribution in [3.05, 3.63) is 29.3 Å². The van der Waals surface area contributed by atoms with E-state index in [9.17, 15) is 5.26 Å². The number of benzene rings is 1. The van der Waals surface area contributed by atoms with E-state index in [0.29, 0.717) is 0 Å². The molecule has 2 rings (SSSR count). The number of halogens is 1. The molecule has 19 heavy (non-hydrogen) atoms. The number of rotatable bonds is 3. The zero-order chi connectivity index (χ0) is 13.7. The molecule has 1 atom stereocenters. The third-order valence-electron chi connectivity index (χ3n) is 4.10. The second kappa shape index (κ2) is 6.96. The molecule has 2 nitrogen and oxygen atoms in total. The summed E-state index contributed by atoms with van der Waals surface area (Å²) in [6.07, 6.45) is 5.10. The molecule has 102 valence electrons. The van der Waals surface area contributed by atoms with Crippen molar-refractivity contribution in [1.82, 2.24) is 0 Å². The average Bonchev–Trinajstić information content (AvgIpc) is 2.71. The minimum Gasteiger partial charge on any atom is -0.370 e. The van der Waals surface area contributed by atoms with Crippen LogP contribution >= 0.6 is 15.9 Å². The van der Waals surface area contributed by atoms with Crippen molar-refractivity contribution < 1.29 is 0 Å². The third-order valence-corrected chi connectivity index (χ3v) is 4.75. The molecule has 0 amide bonds. The van der Waals surface area contributed by atoms with Crippen LogP contribution < -0.4 is 4.90 Å². The van der Waals surface area contributed by atoms with Gasteiger partial charge >= 0.3 is 0 Å². The molecule has 1 aliphatic heterocycles. The molecule has 1 unspecified atom stereocenters. The highest BCUT2D eigenvalue weighted by Crippen LogP contribution is 2.27. The highest BCUT2D eigenvalue weighted by atomic mass is 79.9. The maximum atomic E-state index is 9.35. The van der Waals surface area contributed by atoms with E-state index >= 15 is 0 Å². The van der Waals surface area contributed by atoms with Gasteiger partial charge in [0.05, 0.1) is 11.3 Å². The van der Waals surface area contributed by atoms with Crippen LogP contribution in [0.15, 0.2) is 18.2 Å². The van der Waals surface area contributed by atoms with Crippen molar-refractivity contribution in [2.75, 3.05) is 18.0 Å². The van der Waals surface area contributed by atoms with Gasteiger partial charge in [0.2, 0.25) is 0 Å². The van der Waals surface area contributed by atoms with Crippen LogP contribution in [0.1, 0.15) is 43.7 Å². The van der Waals surface area contributed by atoms with E-state index in [2.05, 4.69) is 46.0 Å². The lowest BCUT2D eigenvalue weighted by atomic mass is 9.98. The molecule has 0 spiro atoms. The predicted octanol–water partition coefficient (Wildman–Crippen LogP) is 4.47. The molecule has 1 heterocycles. The van der Waals surface area contributed by atoms with Crippen LogP contribution in [0.2, 0.25) is 0 Å². The van der Waals surface area contributed by atoms with Crippen LogP contribution in [0.25, 0.3) is 0 Å². The fourth-order valence-corrected chi connectivity index (χ4v) is 3.19. The standard InChI is InChI=1S/C16H21BrN2/c1-2-13-4-3-8-19(9-7-13)16-6-5-14(11-17)10-15(16)12-18/h5-6,10,13H,2-4,7-9,11H2,1H3. The Morgan fingerprint density at radius 3 is 2.89 bits per heavy atom. The van der Waals surface area contributed by atoms with E-state index in [-0.39, 0.29) is 0 Å². The summed E-state index contributed by atoms with van der Waals surface area (Å²) >= 11 is 3.45. The van der Waals surface area contributed by atoms with Gasteiger partial charge in [0, 0.05) is 18.4 Å². The molecule has 0 saturated carbocycles. The Morgan fingerprint density at radius 1 is 1.37 bits per heavy atom. The molecular formula is C16H21BrN2. The zero-order valence-corrected chi connectivity index (χ0v) is 13.1. The van der Waals surface area contributed by atoms with Gasteiger partial charge in [0.1, 0.15) is 6.07 Å². The Hall–Kier alpha value is -1.01. The van der Waals surface area contributed by atoms with E-state index in [4.69, 9.17) is 0 Å². The van der Waals surface area contributed by atoms with Gasteiger partial charge in [-0.05, 0) is 42.9 Å². The Balaban J connectivity index is 2.19. The van der Waals surface area contributed by atoms with Crippen LogP contribution in [0.3, 0.4) is 0 Å². The van der Waals surface area contributed by atoms with E-state index in [1.165, 1.54) is 31.2 Å². The minimum atomic E-state index is 0.805. The molecule has 0 bridgehead atoms. The van der Waals surface area contributed by atoms with E-state index < -0.39 is 0 Å². The molecule has 0 N–H and O–H groups in total. The summed E-state index contributed by atoms with van der Waals surface area (Å²) in [6.45, 7) is 4.45. The molecule has 1 aromatic rings. The van der Waals surface area contributed by atoms with Gasteiger partial charge in [-0.25, -0.2) is 0 Å². The first-order chi connectivity index (χ1) is 9.28. The lowest BCUT2D eigenvalue weighted by molar-refractivity contribution is 0.459. The van der Waals surface area contributed by atoms with Crippen LogP contribution in [-0.4, -0.2) is 13.1 Å². The summed E-state index contributed by atoms with van der Waals surface area (Å²) in [5.41, 5.74) is 3.09. The number of nitriles is 1. The summed E-state index contributed by atoms with van der Waals surface area (Å²) in [5.74, 6) is 0.859. The Morgan fingerprint density at radius 2 is 2.21 bits per heavy atom. The molecule has 1 aromatic carbocycles. The second-order valence-electron chi connectivity index (χ2n) is 5.29. The molecule has 1 aliphatic rings. The highest BCUT2D eigenvalue weighted by molar-refractivity contribution is 9.08. The smallest absolute Gasteiger partial charge is 0.101 e. The molecule has 1 saturated heterocycles. The number of hydrogen-bond donors (Lipinski definition) is 0. The maximum absolute atomic E-state index is 9.35. The van der Waals surface area contributed by atoms with Gasteiger partial charge in [0.25, 0.3) is 0 Å². The average molecular weight is 321 g/mol. The Labute approximate surface area is 124 Å². The first-order valence-electron chi connectivity index (χ1n) is 7.12. The lowest BCUT2D eigenvalue weighted by Gasteiger charge is -2.24. The van der Waals surface area contributed by atoms with Crippen LogP contribution in [-0.2, 0) is 5.33 Å². The Kier molecular flexibility index (Phi) is 5.27. The molecule has 3 heteroatoms. The molecular weight excluding hydrogens is 300 g/mol. The van der Waals surface area contributed by atoms with Crippen LogP contribution in [0.4, 0.5) is 5.69 Å². The third kappa shape index (κ3) is 3.51. The van der Waals surface area contributed by atoms with Gasteiger partial charge in [-0.1, -0.05) is 35.3 Å². The molecule has 1 fully saturated rings. The van der Waals surface area contributed by atoms with Gasteiger partial charge in [-0.2, -0.15) is 5.26 Å². The van der Waals surface area contributed by atoms with E-state index in [1.54, 1.807) is 0 Å². The fraction of sp³-hybridized carbons (Fsp3) is 0.562. The van der Waals surface area contributed by atoms with Crippen molar-refractivity contribution in [3.63, 3.8) is 0 Å². The maximum Gasteiger partial charge on any atom is 0.101 e. The van der Waals surface area contributed by atoms with Crippen molar-refractivity contribution in [3.8, 4) is 6.07 Å². The summed E-state index contributed by atoms with van der Waals surface area (Å²) in [5, 5.41) is 10.2. The number of alkyl halides is 1. The number of hydrogen-bond acceptors (Lipinski definition) is 2. The van der Waals surface area contributed by atoms with E-state index in [0.717, 1.165) is 35.6 Å². The normalized spacial score (nSPS) is 19.8. The highest BCUT2D eigenvalue weighted by Gasteiger charge is 2.18. The first-order valence-corrected chi connectivity index (χ1v) is 8.24. The molecule has 0 radical (unpaired) electrons.